The monoisotopic (exact) mass is 290 g/mol. The van der Waals surface area contributed by atoms with Gasteiger partial charge in [-0.1, -0.05) is 32.6 Å². The minimum Gasteiger partial charge on any atom is -0.468 e. The molecule has 0 spiro atoms. The number of hydrogen-bond donors (Lipinski definition) is 1. The number of halogens is 3. The van der Waals surface area contributed by atoms with Crippen molar-refractivity contribution in [1.82, 2.24) is 4.98 Å². The van der Waals surface area contributed by atoms with E-state index in [1.54, 1.807) is 6.07 Å². The van der Waals surface area contributed by atoms with Gasteiger partial charge in [0.1, 0.15) is 0 Å². The van der Waals surface area contributed by atoms with Crippen molar-refractivity contribution in [2.24, 2.45) is 0 Å². The van der Waals surface area contributed by atoms with Gasteiger partial charge in [0.25, 0.3) is 0 Å². The number of ether oxygens (including phenoxy) is 1. The predicted octanol–water partition coefficient (Wildman–Crippen LogP) is 4.41. The van der Waals surface area contributed by atoms with Gasteiger partial charge in [0, 0.05) is 12.6 Å². The summed E-state index contributed by atoms with van der Waals surface area (Å²) in [5.74, 6) is -0.0178. The largest absolute Gasteiger partial charge is 0.468 e. The number of pyridine rings is 1. The van der Waals surface area contributed by atoms with Gasteiger partial charge in [0.15, 0.2) is 6.61 Å². The highest BCUT2D eigenvalue weighted by atomic mass is 19.4. The Hall–Kier alpha value is -1.46. The molecule has 0 saturated heterocycles. The van der Waals surface area contributed by atoms with Crippen molar-refractivity contribution < 1.29 is 17.9 Å². The van der Waals surface area contributed by atoms with Crippen molar-refractivity contribution in [3.8, 4) is 5.88 Å². The Balaban J connectivity index is 2.21. The van der Waals surface area contributed by atoms with Gasteiger partial charge < -0.3 is 10.1 Å². The van der Waals surface area contributed by atoms with Crippen LogP contribution in [0, 0.1) is 0 Å². The van der Waals surface area contributed by atoms with Crippen molar-refractivity contribution >= 4 is 5.69 Å². The maximum Gasteiger partial charge on any atom is 0.422 e. The van der Waals surface area contributed by atoms with Crippen LogP contribution < -0.4 is 10.1 Å². The van der Waals surface area contributed by atoms with Crippen molar-refractivity contribution in [3.63, 3.8) is 0 Å². The van der Waals surface area contributed by atoms with E-state index in [9.17, 15) is 13.2 Å². The molecule has 0 aromatic carbocycles. The smallest absolute Gasteiger partial charge is 0.422 e. The highest BCUT2D eigenvalue weighted by Gasteiger charge is 2.28. The molecule has 0 radical (unpaired) electrons. The minimum atomic E-state index is -4.34. The highest BCUT2D eigenvalue weighted by Crippen LogP contribution is 2.18. The number of aromatic nitrogens is 1. The van der Waals surface area contributed by atoms with Crippen molar-refractivity contribution in [2.45, 2.75) is 45.2 Å². The first kappa shape index (κ1) is 16.6. The molecule has 1 heterocycles. The van der Waals surface area contributed by atoms with Crippen LogP contribution in [0.4, 0.5) is 18.9 Å². The lowest BCUT2D eigenvalue weighted by atomic mass is 10.1. The number of hydrogen-bond acceptors (Lipinski definition) is 3. The van der Waals surface area contributed by atoms with Gasteiger partial charge in [-0.25, -0.2) is 4.98 Å². The fourth-order valence-electron chi connectivity index (χ4n) is 1.69. The number of nitrogens with one attached hydrogen (secondary N) is 1. The number of alkyl halides is 3. The summed E-state index contributed by atoms with van der Waals surface area (Å²) >= 11 is 0. The van der Waals surface area contributed by atoms with Gasteiger partial charge in [-0.05, 0) is 12.5 Å². The zero-order valence-corrected chi connectivity index (χ0v) is 11.7. The van der Waals surface area contributed by atoms with Gasteiger partial charge in [0.2, 0.25) is 5.88 Å². The van der Waals surface area contributed by atoms with Crippen LogP contribution in [0.25, 0.3) is 0 Å². The molecule has 114 valence electrons. The molecule has 1 aromatic heterocycles. The lowest BCUT2D eigenvalue weighted by Crippen LogP contribution is -2.19. The van der Waals surface area contributed by atoms with Gasteiger partial charge >= 0.3 is 6.18 Å². The standard InChI is InChI=1S/C14H21F3N2O/c1-2-3-4-5-6-9-18-12-7-8-13(19-10-12)20-11-14(15,16)17/h7-8,10,18H,2-6,9,11H2,1H3. The van der Waals surface area contributed by atoms with E-state index in [-0.39, 0.29) is 5.88 Å². The molecule has 0 atom stereocenters. The van der Waals surface area contributed by atoms with Crippen molar-refractivity contribution in [3.05, 3.63) is 18.3 Å². The van der Waals surface area contributed by atoms with Gasteiger partial charge in [-0.2, -0.15) is 13.2 Å². The second-order valence-electron chi connectivity index (χ2n) is 4.63. The molecule has 0 saturated carbocycles. The molecule has 0 fully saturated rings. The lowest BCUT2D eigenvalue weighted by molar-refractivity contribution is -0.154. The fourth-order valence-corrected chi connectivity index (χ4v) is 1.69. The summed E-state index contributed by atoms with van der Waals surface area (Å²) in [5.41, 5.74) is 0.792. The quantitative estimate of drug-likeness (QED) is 0.684. The maximum absolute atomic E-state index is 11.9. The Morgan fingerprint density at radius 3 is 2.50 bits per heavy atom. The zero-order valence-electron chi connectivity index (χ0n) is 11.7. The number of nitrogens with zero attached hydrogens (tertiary/aromatic N) is 1. The van der Waals surface area contributed by atoms with E-state index in [0.717, 1.165) is 18.7 Å². The van der Waals surface area contributed by atoms with Crippen LogP contribution in [-0.2, 0) is 0 Å². The Kier molecular flexibility index (Phi) is 7.18. The molecule has 6 heteroatoms. The van der Waals surface area contributed by atoms with E-state index in [0.29, 0.717) is 0 Å². The molecule has 0 unspecified atom stereocenters. The summed E-state index contributed by atoms with van der Waals surface area (Å²) in [6.07, 6.45) is 3.12. The van der Waals surface area contributed by atoms with E-state index < -0.39 is 12.8 Å². The number of unbranched alkanes of at least 4 members (excludes halogenated alkanes) is 4. The summed E-state index contributed by atoms with van der Waals surface area (Å²) in [5, 5.41) is 3.18. The third kappa shape index (κ3) is 7.86. The van der Waals surface area contributed by atoms with Crippen LogP contribution in [0.3, 0.4) is 0 Å². The summed E-state index contributed by atoms with van der Waals surface area (Å²) in [6, 6.07) is 3.11. The minimum absolute atomic E-state index is 0.0178. The summed E-state index contributed by atoms with van der Waals surface area (Å²) in [7, 11) is 0. The second-order valence-corrected chi connectivity index (χ2v) is 4.63. The average molecular weight is 290 g/mol. The van der Waals surface area contributed by atoms with E-state index in [2.05, 4.69) is 22.0 Å². The van der Waals surface area contributed by atoms with E-state index >= 15 is 0 Å². The van der Waals surface area contributed by atoms with Gasteiger partial charge in [0.05, 0.1) is 11.9 Å². The highest BCUT2D eigenvalue weighted by molar-refractivity contribution is 5.41. The van der Waals surface area contributed by atoms with Gasteiger partial charge in [-0.3, -0.25) is 0 Å². The van der Waals surface area contributed by atoms with Crippen LogP contribution in [0.5, 0.6) is 5.88 Å². The molecular weight excluding hydrogens is 269 g/mol. The van der Waals surface area contributed by atoms with Crippen LogP contribution in [0.1, 0.15) is 39.0 Å². The Labute approximate surface area is 117 Å². The molecule has 0 aliphatic rings. The molecule has 3 nitrogen and oxygen atoms in total. The Morgan fingerprint density at radius 1 is 1.15 bits per heavy atom. The van der Waals surface area contributed by atoms with E-state index in [1.807, 2.05) is 0 Å². The third-order valence-corrected chi connectivity index (χ3v) is 2.73. The van der Waals surface area contributed by atoms with Crippen LogP contribution >= 0.6 is 0 Å². The zero-order chi connectivity index (χ0) is 14.8. The molecule has 0 aliphatic heterocycles. The van der Waals surface area contributed by atoms with Crippen LogP contribution in [0.15, 0.2) is 18.3 Å². The number of rotatable bonds is 9. The molecule has 1 aromatic rings. The van der Waals surface area contributed by atoms with Crippen molar-refractivity contribution in [1.29, 1.82) is 0 Å². The first-order valence-corrected chi connectivity index (χ1v) is 6.91. The predicted molar refractivity (Wildman–Crippen MR) is 73.0 cm³/mol. The fraction of sp³-hybridized carbons (Fsp3) is 0.643. The van der Waals surface area contributed by atoms with E-state index in [4.69, 9.17) is 0 Å². The Bertz CT molecular complexity index is 366. The average Bonchev–Trinajstić information content (AvgIpc) is 2.41. The SMILES string of the molecule is CCCCCCCNc1ccc(OCC(F)(F)F)nc1. The molecule has 1 N–H and O–H groups in total. The van der Waals surface area contributed by atoms with E-state index in [1.165, 1.54) is 37.9 Å². The second kappa shape index (κ2) is 8.66. The van der Waals surface area contributed by atoms with Crippen LogP contribution in [0.2, 0.25) is 0 Å². The number of anilines is 1. The molecular formula is C14H21F3N2O. The van der Waals surface area contributed by atoms with Crippen molar-refractivity contribution in [2.75, 3.05) is 18.5 Å². The molecule has 20 heavy (non-hydrogen) atoms. The lowest BCUT2D eigenvalue weighted by Gasteiger charge is -2.09. The van der Waals surface area contributed by atoms with Gasteiger partial charge in [-0.15, -0.1) is 0 Å². The summed E-state index contributed by atoms with van der Waals surface area (Å²) in [6.45, 7) is 1.70. The Morgan fingerprint density at radius 2 is 1.90 bits per heavy atom. The van der Waals surface area contributed by atoms with Crippen LogP contribution in [-0.4, -0.2) is 24.3 Å². The normalized spacial score (nSPS) is 11.4. The first-order chi connectivity index (χ1) is 9.51. The summed E-state index contributed by atoms with van der Waals surface area (Å²) in [4.78, 5) is 3.83. The first-order valence-electron chi connectivity index (χ1n) is 6.91. The maximum atomic E-state index is 11.9. The molecule has 1 rings (SSSR count). The molecule has 0 aliphatic carbocycles. The molecule has 0 bridgehead atoms. The topological polar surface area (TPSA) is 34.1 Å². The summed E-state index contributed by atoms with van der Waals surface area (Å²) < 4.78 is 40.4. The third-order valence-electron chi connectivity index (χ3n) is 2.73. The molecule has 0 amide bonds.